The summed E-state index contributed by atoms with van der Waals surface area (Å²) in [7, 11) is 0. The largest absolute Gasteiger partial charge is 0.478 e. The molecule has 1 heterocycles. The van der Waals surface area contributed by atoms with E-state index in [1.165, 1.54) is 0 Å². The van der Waals surface area contributed by atoms with E-state index in [2.05, 4.69) is 11.1 Å². The van der Waals surface area contributed by atoms with E-state index in [0.717, 1.165) is 16.8 Å². The summed E-state index contributed by atoms with van der Waals surface area (Å²) in [5.74, 6) is -0.948. The van der Waals surface area contributed by atoms with Gasteiger partial charge in [0.2, 0.25) is 0 Å². The van der Waals surface area contributed by atoms with Gasteiger partial charge in [-0.1, -0.05) is 35.9 Å². The maximum Gasteiger partial charge on any atom is 0.337 e. The fraction of sp³-hybridized carbons (Fsp3) is 0.0588. The molecule has 0 saturated carbocycles. The molecule has 0 saturated heterocycles. The number of aromatic carboxylic acids is 1. The topological polar surface area (TPSA) is 55.1 Å². The number of nitrogens with zero attached hydrogens (tertiary/aromatic N) is 2. The quantitative estimate of drug-likeness (QED) is 0.797. The molecule has 1 N–H and O–H groups in total. The van der Waals surface area contributed by atoms with E-state index in [9.17, 15) is 9.90 Å². The summed E-state index contributed by atoms with van der Waals surface area (Å²) in [6, 6.07) is 14.9. The zero-order valence-electron chi connectivity index (χ0n) is 11.5. The van der Waals surface area contributed by atoms with Gasteiger partial charge in [0.05, 0.1) is 23.3 Å². The highest BCUT2D eigenvalue weighted by Gasteiger charge is 2.11. The van der Waals surface area contributed by atoms with Gasteiger partial charge in [-0.15, -0.1) is 0 Å². The molecule has 0 aliphatic carbocycles. The maximum atomic E-state index is 11.3. The van der Waals surface area contributed by atoms with Gasteiger partial charge in [-0.3, -0.25) is 0 Å². The number of carboxylic acid groups (broad SMARTS) is 1. The third kappa shape index (κ3) is 2.56. The second kappa shape index (κ2) is 5.25. The van der Waals surface area contributed by atoms with Gasteiger partial charge in [-0.2, -0.15) is 0 Å². The molecule has 0 spiro atoms. The summed E-state index contributed by atoms with van der Waals surface area (Å²) in [5, 5.41) is 9.25. The van der Waals surface area contributed by atoms with Gasteiger partial charge < -0.3 is 9.67 Å². The molecule has 0 amide bonds. The molecule has 4 nitrogen and oxygen atoms in total. The molecule has 0 radical (unpaired) electrons. The van der Waals surface area contributed by atoms with Crippen molar-refractivity contribution in [3.05, 3.63) is 72.2 Å². The van der Waals surface area contributed by atoms with Gasteiger partial charge in [-0.25, -0.2) is 9.78 Å². The number of benzene rings is 2. The number of para-hydroxylation sites is 1. The highest BCUT2D eigenvalue weighted by atomic mass is 16.4. The Morgan fingerprint density at radius 3 is 2.71 bits per heavy atom. The highest BCUT2D eigenvalue weighted by Crippen LogP contribution is 2.21. The Hall–Kier alpha value is -2.88. The van der Waals surface area contributed by atoms with Crippen LogP contribution in [0.2, 0.25) is 0 Å². The summed E-state index contributed by atoms with van der Waals surface area (Å²) < 4.78 is 1.74. The van der Waals surface area contributed by atoms with Crippen LogP contribution in [0.15, 0.2) is 61.1 Å². The van der Waals surface area contributed by atoms with E-state index in [1.54, 1.807) is 29.1 Å². The Balaban J connectivity index is 2.05. The van der Waals surface area contributed by atoms with Gasteiger partial charge in [-0.05, 0) is 25.1 Å². The summed E-state index contributed by atoms with van der Waals surface area (Å²) in [4.78, 5) is 15.7. The Morgan fingerprint density at radius 1 is 1.14 bits per heavy atom. The number of aryl methyl sites for hydroxylation is 1. The van der Waals surface area contributed by atoms with E-state index in [4.69, 9.17) is 0 Å². The second-order valence-corrected chi connectivity index (χ2v) is 4.86. The Kier molecular flexibility index (Phi) is 3.28. The van der Waals surface area contributed by atoms with Crippen LogP contribution >= 0.6 is 0 Å². The Bertz CT molecular complexity index is 806. The molecule has 21 heavy (non-hydrogen) atoms. The number of rotatable bonds is 3. The van der Waals surface area contributed by atoms with Crippen molar-refractivity contribution in [1.82, 2.24) is 9.55 Å². The van der Waals surface area contributed by atoms with Gasteiger partial charge in [0.1, 0.15) is 0 Å². The van der Waals surface area contributed by atoms with Crippen LogP contribution < -0.4 is 0 Å². The number of carboxylic acids is 1. The molecular formula is C17H14N2O2. The van der Waals surface area contributed by atoms with Crippen molar-refractivity contribution < 1.29 is 9.90 Å². The van der Waals surface area contributed by atoms with Crippen molar-refractivity contribution in [3.8, 4) is 16.9 Å². The summed E-state index contributed by atoms with van der Waals surface area (Å²) in [6.07, 6.45) is 3.48. The standard InChI is InChI=1S/C17H14N2O2/c1-12-5-4-6-13(9-12)15-10-19(11-18-15)16-8-3-2-7-14(16)17(20)21/h2-11H,1H3,(H,20,21). The molecular weight excluding hydrogens is 264 g/mol. The lowest BCUT2D eigenvalue weighted by atomic mass is 10.1. The first-order valence-corrected chi connectivity index (χ1v) is 6.59. The lowest BCUT2D eigenvalue weighted by Gasteiger charge is -2.05. The minimum atomic E-state index is -0.948. The fourth-order valence-electron chi connectivity index (χ4n) is 2.29. The Labute approximate surface area is 122 Å². The molecule has 3 aromatic rings. The van der Waals surface area contributed by atoms with Crippen LogP contribution in [0.1, 0.15) is 15.9 Å². The predicted molar refractivity (Wildman–Crippen MR) is 80.7 cm³/mol. The SMILES string of the molecule is Cc1cccc(-c2cn(-c3ccccc3C(=O)O)cn2)c1. The van der Waals surface area contributed by atoms with Crippen molar-refractivity contribution in [1.29, 1.82) is 0 Å². The van der Waals surface area contributed by atoms with Gasteiger partial charge >= 0.3 is 5.97 Å². The van der Waals surface area contributed by atoms with Gasteiger partial charge in [0.15, 0.2) is 0 Å². The monoisotopic (exact) mass is 278 g/mol. The van der Waals surface area contributed by atoms with Crippen LogP contribution in [0.25, 0.3) is 16.9 Å². The minimum Gasteiger partial charge on any atom is -0.478 e. The second-order valence-electron chi connectivity index (χ2n) is 4.86. The zero-order chi connectivity index (χ0) is 14.8. The molecule has 0 fully saturated rings. The number of aromatic nitrogens is 2. The average molecular weight is 278 g/mol. The van der Waals surface area contributed by atoms with Crippen LogP contribution in [-0.4, -0.2) is 20.6 Å². The third-order valence-corrected chi connectivity index (χ3v) is 3.31. The van der Waals surface area contributed by atoms with Gasteiger partial charge in [0, 0.05) is 11.8 Å². The highest BCUT2D eigenvalue weighted by molar-refractivity contribution is 5.91. The summed E-state index contributed by atoms with van der Waals surface area (Å²) >= 11 is 0. The number of imidazole rings is 1. The number of carbonyl (C=O) groups is 1. The van der Waals surface area contributed by atoms with E-state index in [-0.39, 0.29) is 5.56 Å². The van der Waals surface area contributed by atoms with Crippen LogP contribution in [0, 0.1) is 6.92 Å². The summed E-state index contributed by atoms with van der Waals surface area (Å²) in [5.41, 5.74) is 3.86. The van der Waals surface area contributed by atoms with Gasteiger partial charge in [0.25, 0.3) is 0 Å². The van der Waals surface area contributed by atoms with Crippen molar-refractivity contribution in [2.45, 2.75) is 6.92 Å². The molecule has 0 unspecified atom stereocenters. The maximum absolute atomic E-state index is 11.3. The van der Waals surface area contributed by atoms with E-state index < -0.39 is 5.97 Å². The molecule has 1 aromatic heterocycles. The molecule has 0 bridgehead atoms. The van der Waals surface area contributed by atoms with Crippen LogP contribution in [-0.2, 0) is 0 Å². The molecule has 0 atom stereocenters. The molecule has 104 valence electrons. The number of hydrogen-bond acceptors (Lipinski definition) is 2. The van der Waals surface area contributed by atoms with E-state index in [1.807, 2.05) is 37.4 Å². The predicted octanol–water partition coefficient (Wildman–Crippen LogP) is 3.55. The minimum absolute atomic E-state index is 0.255. The van der Waals surface area contributed by atoms with Crippen LogP contribution in [0.5, 0.6) is 0 Å². The molecule has 3 rings (SSSR count). The molecule has 4 heteroatoms. The smallest absolute Gasteiger partial charge is 0.337 e. The molecule has 0 aliphatic heterocycles. The lowest BCUT2D eigenvalue weighted by molar-refractivity contribution is 0.0697. The van der Waals surface area contributed by atoms with E-state index >= 15 is 0 Å². The first kappa shape index (κ1) is 13.1. The first-order valence-electron chi connectivity index (χ1n) is 6.59. The van der Waals surface area contributed by atoms with Crippen LogP contribution in [0.3, 0.4) is 0 Å². The van der Waals surface area contributed by atoms with E-state index in [0.29, 0.717) is 5.69 Å². The molecule has 0 aliphatic rings. The molecule has 2 aromatic carbocycles. The Morgan fingerprint density at radius 2 is 1.95 bits per heavy atom. The fourth-order valence-corrected chi connectivity index (χ4v) is 2.29. The first-order chi connectivity index (χ1) is 10.1. The van der Waals surface area contributed by atoms with Crippen molar-refractivity contribution >= 4 is 5.97 Å². The zero-order valence-corrected chi connectivity index (χ0v) is 11.5. The average Bonchev–Trinajstić information content (AvgIpc) is 2.97. The third-order valence-electron chi connectivity index (χ3n) is 3.31. The summed E-state index contributed by atoms with van der Waals surface area (Å²) in [6.45, 7) is 2.03. The van der Waals surface area contributed by atoms with Crippen molar-refractivity contribution in [2.24, 2.45) is 0 Å². The number of hydrogen-bond donors (Lipinski definition) is 1. The van der Waals surface area contributed by atoms with Crippen LogP contribution in [0.4, 0.5) is 0 Å². The lowest BCUT2D eigenvalue weighted by Crippen LogP contribution is -2.03. The normalized spacial score (nSPS) is 10.5. The van der Waals surface area contributed by atoms with Crippen molar-refractivity contribution in [3.63, 3.8) is 0 Å². The van der Waals surface area contributed by atoms with Crippen molar-refractivity contribution in [2.75, 3.05) is 0 Å².